The lowest BCUT2D eigenvalue weighted by molar-refractivity contribution is -0.139. The summed E-state index contributed by atoms with van der Waals surface area (Å²) in [5.74, 6) is -0.398. The Morgan fingerprint density at radius 2 is 1.73 bits per heavy atom. The maximum Gasteiger partial charge on any atom is 0.244 e. The van der Waals surface area contributed by atoms with Crippen LogP contribution in [0.15, 0.2) is 66.7 Å². The van der Waals surface area contributed by atoms with Crippen molar-refractivity contribution in [2.45, 2.75) is 25.9 Å². The first-order valence-electron chi connectivity index (χ1n) is 12.5. The number of likely N-dealkylation sites (N-methyl/N-ethyl adjacent to an activating group) is 1. The van der Waals surface area contributed by atoms with Crippen LogP contribution in [0.3, 0.4) is 0 Å². The Balaban J connectivity index is 1.74. The Labute approximate surface area is 243 Å². The summed E-state index contributed by atoms with van der Waals surface area (Å²) < 4.78 is 38.2. The number of benzene rings is 3. The van der Waals surface area contributed by atoms with Crippen LogP contribution in [0.2, 0.25) is 10.0 Å². The molecule has 1 heterocycles. The van der Waals surface area contributed by atoms with Crippen molar-refractivity contribution in [3.8, 4) is 11.5 Å². The first-order valence-corrected chi connectivity index (χ1v) is 14.9. The fourth-order valence-corrected chi connectivity index (χ4v) is 5.84. The van der Waals surface area contributed by atoms with Crippen LogP contribution >= 0.6 is 23.2 Å². The Hall–Kier alpha value is -3.47. The molecule has 212 valence electrons. The molecule has 1 atom stereocenters. The molecule has 0 fully saturated rings. The largest absolute Gasteiger partial charge is 0.454 e. The van der Waals surface area contributed by atoms with E-state index in [1.54, 1.807) is 30.3 Å². The average Bonchev–Trinajstić information content (AvgIpc) is 3.42. The molecule has 0 spiro atoms. The van der Waals surface area contributed by atoms with E-state index in [9.17, 15) is 18.0 Å². The zero-order valence-corrected chi connectivity index (χ0v) is 24.3. The third kappa shape index (κ3) is 6.80. The molecule has 3 aromatic carbocycles. The van der Waals surface area contributed by atoms with E-state index in [4.69, 9.17) is 32.7 Å². The summed E-state index contributed by atoms with van der Waals surface area (Å²) >= 11 is 12.5. The fourth-order valence-electron chi connectivity index (χ4n) is 4.31. The van der Waals surface area contributed by atoms with Crippen molar-refractivity contribution < 1.29 is 27.5 Å². The number of amides is 2. The number of ether oxygens (including phenoxy) is 2. The zero-order chi connectivity index (χ0) is 28.9. The van der Waals surface area contributed by atoms with E-state index in [0.29, 0.717) is 27.1 Å². The van der Waals surface area contributed by atoms with Crippen molar-refractivity contribution in [3.63, 3.8) is 0 Å². The molecule has 3 aromatic rings. The van der Waals surface area contributed by atoms with Crippen molar-refractivity contribution in [1.29, 1.82) is 0 Å². The van der Waals surface area contributed by atoms with Crippen molar-refractivity contribution in [2.75, 3.05) is 30.4 Å². The molecule has 1 aliphatic rings. The maximum atomic E-state index is 14.1. The SMILES string of the molecule is CCS(=O)(=O)N(CC(=O)N(Cc1ccc(Cl)cc1Cl)[C@@H](Cc1ccccc1)C(=O)NC)c1ccc2c(c1)OCO2. The number of rotatable bonds is 11. The topological polar surface area (TPSA) is 105 Å². The van der Waals surface area contributed by atoms with Gasteiger partial charge in [-0.1, -0.05) is 59.6 Å². The molecule has 1 aliphatic heterocycles. The summed E-state index contributed by atoms with van der Waals surface area (Å²) in [4.78, 5) is 28.6. The predicted molar refractivity (Wildman–Crippen MR) is 154 cm³/mol. The molecule has 4 rings (SSSR count). The number of carbonyl (C=O) groups excluding carboxylic acids is 2. The van der Waals surface area contributed by atoms with E-state index >= 15 is 0 Å². The van der Waals surface area contributed by atoms with E-state index in [1.807, 2.05) is 30.3 Å². The van der Waals surface area contributed by atoms with Gasteiger partial charge in [0.2, 0.25) is 28.6 Å². The molecular formula is C28H29Cl2N3O6S. The third-order valence-electron chi connectivity index (χ3n) is 6.50. The molecule has 0 saturated heterocycles. The van der Waals surface area contributed by atoms with Gasteiger partial charge in [-0.25, -0.2) is 8.42 Å². The van der Waals surface area contributed by atoms with Gasteiger partial charge in [-0.15, -0.1) is 0 Å². The minimum absolute atomic E-state index is 0.0150. The quantitative estimate of drug-likeness (QED) is 0.350. The average molecular weight is 607 g/mol. The third-order valence-corrected chi connectivity index (χ3v) is 8.82. The number of fused-ring (bicyclic) bond motifs is 1. The fraction of sp³-hybridized carbons (Fsp3) is 0.286. The van der Waals surface area contributed by atoms with Crippen molar-refractivity contribution in [2.24, 2.45) is 0 Å². The molecular weight excluding hydrogens is 577 g/mol. The second-order valence-electron chi connectivity index (χ2n) is 9.02. The van der Waals surface area contributed by atoms with Crippen LogP contribution in [-0.2, 0) is 32.6 Å². The highest BCUT2D eigenvalue weighted by Gasteiger charge is 2.34. The van der Waals surface area contributed by atoms with E-state index in [0.717, 1.165) is 9.87 Å². The van der Waals surface area contributed by atoms with Crippen LogP contribution in [0.1, 0.15) is 18.1 Å². The minimum Gasteiger partial charge on any atom is -0.454 e. The van der Waals surface area contributed by atoms with Crippen molar-refractivity contribution >= 4 is 50.7 Å². The van der Waals surface area contributed by atoms with Gasteiger partial charge in [0.15, 0.2) is 11.5 Å². The van der Waals surface area contributed by atoms with E-state index in [1.165, 1.54) is 24.9 Å². The molecule has 0 radical (unpaired) electrons. The minimum atomic E-state index is -3.91. The van der Waals surface area contributed by atoms with Crippen LogP contribution in [0, 0.1) is 0 Å². The van der Waals surface area contributed by atoms with E-state index < -0.39 is 34.4 Å². The van der Waals surface area contributed by atoms with Gasteiger partial charge in [0, 0.05) is 36.1 Å². The van der Waals surface area contributed by atoms with Gasteiger partial charge < -0.3 is 19.7 Å². The zero-order valence-electron chi connectivity index (χ0n) is 22.0. The monoisotopic (exact) mass is 605 g/mol. The smallest absolute Gasteiger partial charge is 0.244 e. The number of hydrogen-bond donors (Lipinski definition) is 1. The van der Waals surface area contributed by atoms with Crippen LogP contribution in [-0.4, -0.2) is 57.3 Å². The number of sulfonamides is 1. The summed E-state index contributed by atoms with van der Waals surface area (Å²) in [6, 6.07) is 17.8. The van der Waals surface area contributed by atoms with E-state index in [-0.39, 0.29) is 31.2 Å². The lowest BCUT2D eigenvalue weighted by Crippen LogP contribution is -2.53. The predicted octanol–water partition coefficient (Wildman–Crippen LogP) is 4.26. The van der Waals surface area contributed by atoms with Gasteiger partial charge in [-0.2, -0.15) is 0 Å². The summed E-state index contributed by atoms with van der Waals surface area (Å²) in [5, 5.41) is 3.37. The van der Waals surface area contributed by atoms with Crippen molar-refractivity contribution in [1.82, 2.24) is 10.2 Å². The van der Waals surface area contributed by atoms with Crippen LogP contribution < -0.4 is 19.1 Å². The molecule has 12 heteroatoms. The first kappa shape index (κ1) is 29.5. The van der Waals surface area contributed by atoms with Gasteiger partial charge in [0.05, 0.1) is 11.4 Å². The highest BCUT2D eigenvalue weighted by atomic mass is 35.5. The number of carbonyl (C=O) groups is 2. The molecule has 9 nitrogen and oxygen atoms in total. The summed E-state index contributed by atoms with van der Waals surface area (Å²) in [7, 11) is -2.43. The van der Waals surface area contributed by atoms with Gasteiger partial charge in [-0.3, -0.25) is 13.9 Å². The molecule has 2 amide bonds. The lowest BCUT2D eigenvalue weighted by atomic mass is 10.0. The van der Waals surface area contributed by atoms with Gasteiger partial charge in [0.25, 0.3) is 0 Å². The summed E-state index contributed by atoms with van der Waals surface area (Å²) in [6.45, 7) is 0.902. The number of anilines is 1. The first-order chi connectivity index (χ1) is 19.1. The Kier molecular flexibility index (Phi) is 9.44. The standard InChI is InChI=1S/C28H29Cl2N3O6S/c1-3-40(36,37)33(22-11-12-25-26(15-22)39-18-38-25)17-27(34)32(16-20-9-10-21(29)14-23(20)30)24(28(35)31-2)13-19-7-5-4-6-8-19/h4-12,14-15,24H,3,13,16-18H2,1-2H3,(H,31,35)/t24-/m0/s1. The molecule has 0 aromatic heterocycles. The highest BCUT2D eigenvalue weighted by Crippen LogP contribution is 2.36. The molecule has 0 bridgehead atoms. The van der Waals surface area contributed by atoms with Gasteiger partial charge in [0.1, 0.15) is 12.6 Å². The number of hydrogen-bond acceptors (Lipinski definition) is 6. The molecule has 40 heavy (non-hydrogen) atoms. The Morgan fingerprint density at radius 3 is 2.40 bits per heavy atom. The van der Waals surface area contributed by atoms with Crippen molar-refractivity contribution in [3.05, 3.63) is 87.9 Å². The Morgan fingerprint density at radius 1 is 1.00 bits per heavy atom. The summed E-state index contributed by atoms with van der Waals surface area (Å²) in [6.07, 6.45) is 0.196. The molecule has 0 aliphatic carbocycles. The number of nitrogens with zero attached hydrogens (tertiary/aromatic N) is 2. The lowest BCUT2D eigenvalue weighted by Gasteiger charge is -2.33. The summed E-state index contributed by atoms with van der Waals surface area (Å²) in [5.41, 5.74) is 1.61. The van der Waals surface area contributed by atoms with E-state index in [2.05, 4.69) is 5.32 Å². The number of halogens is 2. The van der Waals surface area contributed by atoms with Crippen LogP contribution in [0.4, 0.5) is 5.69 Å². The Bertz CT molecular complexity index is 1490. The number of nitrogens with one attached hydrogen (secondary N) is 1. The maximum absolute atomic E-state index is 14.1. The molecule has 0 saturated carbocycles. The van der Waals surface area contributed by atoms with Gasteiger partial charge >= 0.3 is 0 Å². The highest BCUT2D eigenvalue weighted by molar-refractivity contribution is 7.92. The van der Waals surface area contributed by atoms with Crippen LogP contribution in [0.25, 0.3) is 0 Å². The van der Waals surface area contributed by atoms with Gasteiger partial charge in [-0.05, 0) is 42.3 Å². The normalized spacial score (nSPS) is 13.0. The second-order valence-corrected chi connectivity index (χ2v) is 12.0. The second kappa shape index (κ2) is 12.8. The molecule has 0 unspecified atom stereocenters. The van der Waals surface area contributed by atoms with Crippen LogP contribution in [0.5, 0.6) is 11.5 Å². The molecule has 1 N–H and O–H groups in total.